The molecule has 0 rings (SSSR count). The second-order valence-electron chi connectivity index (χ2n) is 12.1. The number of hydrogen-bond donors (Lipinski definition) is 1. The van der Waals surface area contributed by atoms with Crippen LogP contribution in [0.3, 0.4) is 0 Å². The molecule has 0 amide bonds. The van der Waals surface area contributed by atoms with Crippen molar-refractivity contribution in [2.24, 2.45) is 5.73 Å². The summed E-state index contributed by atoms with van der Waals surface area (Å²) in [6, 6.07) is -0.0432. The van der Waals surface area contributed by atoms with E-state index in [0.29, 0.717) is 6.61 Å². The topological polar surface area (TPSA) is 44.5 Å². The molecule has 0 aromatic rings. The van der Waals surface area contributed by atoms with Crippen LogP contribution in [0.4, 0.5) is 0 Å². The summed E-state index contributed by atoms with van der Waals surface area (Å²) in [4.78, 5) is 0. The molecule has 3 nitrogen and oxygen atoms in total. The number of rotatable bonds is 14. The molecule has 176 valence electrons. The molecular weight excluding hydrogens is 390 g/mol. The minimum Gasteiger partial charge on any atom is -0.415 e. The predicted octanol–water partition coefficient (Wildman–Crippen LogP) is 7.87. The Morgan fingerprint density at radius 2 is 1.17 bits per heavy atom. The fraction of sp³-hybridized carbons (Fsp3) is 1.00. The molecule has 0 unspecified atom stereocenters. The Kier molecular flexibility index (Phi) is 12.5. The fourth-order valence-electron chi connectivity index (χ4n) is 2.85. The van der Waals surface area contributed by atoms with E-state index in [2.05, 4.69) is 74.7 Å². The minimum absolute atomic E-state index is 0.0432. The van der Waals surface area contributed by atoms with Crippen LogP contribution >= 0.6 is 0 Å². The highest BCUT2D eigenvalue weighted by molar-refractivity contribution is 6.74. The summed E-state index contributed by atoms with van der Waals surface area (Å²) in [5.74, 6) is 0. The van der Waals surface area contributed by atoms with Gasteiger partial charge in [0.15, 0.2) is 16.6 Å². The summed E-state index contributed by atoms with van der Waals surface area (Å²) in [6.07, 6.45) is 10.4. The molecule has 29 heavy (non-hydrogen) atoms. The van der Waals surface area contributed by atoms with E-state index < -0.39 is 16.6 Å². The van der Waals surface area contributed by atoms with Crippen LogP contribution in [0.2, 0.25) is 36.3 Å². The molecule has 0 fully saturated rings. The molecule has 0 heterocycles. The van der Waals surface area contributed by atoms with E-state index in [9.17, 15) is 0 Å². The maximum atomic E-state index is 6.81. The van der Waals surface area contributed by atoms with Crippen molar-refractivity contribution in [1.29, 1.82) is 0 Å². The highest BCUT2D eigenvalue weighted by Gasteiger charge is 2.41. The van der Waals surface area contributed by atoms with Gasteiger partial charge in [-0.2, -0.15) is 0 Å². The molecule has 0 aliphatic carbocycles. The smallest absolute Gasteiger partial charge is 0.192 e. The van der Waals surface area contributed by atoms with Crippen molar-refractivity contribution < 1.29 is 8.85 Å². The van der Waals surface area contributed by atoms with E-state index in [1.165, 1.54) is 44.9 Å². The van der Waals surface area contributed by atoms with Crippen molar-refractivity contribution in [3.8, 4) is 0 Å². The first-order valence-corrected chi connectivity index (χ1v) is 17.9. The molecule has 5 heteroatoms. The van der Waals surface area contributed by atoms with E-state index in [1.54, 1.807) is 0 Å². The summed E-state index contributed by atoms with van der Waals surface area (Å²) in [6.45, 7) is 26.0. The third kappa shape index (κ3) is 10.9. The third-order valence-corrected chi connectivity index (χ3v) is 16.3. The van der Waals surface area contributed by atoms with E-state index in [0.717, 1.165) is 6.42 Å². The first-order valence-electron chi connectivity index (χ1n) is 12.1. The molecule has 2 atom stereocenters. The maximum absolute atomic E-state index is 6.81. The lowest BCUT2D eigenvalue weighted by atomic mass is 10.0. The quantitative estimate of drug-likeness (QED) is 0.218. The van der Waals surface area contributed by atoms with Gasteiger partial charge < -0.3 is 14.6 Å². The Balaban J connectivity index is 4.90. The Bertz CT molecular complexity index is 439. The van der Waals surface area contributed by atoms with Crippen molar-refractivity contribution in [2.45, 2.75) is 148 Å². The normalized spacial score (nSPS) is 16.1. The molecular formula is C24H55NO2Si2. The predicted molar refractivity (Wildman–Crippen MR) is 136 cm³/mol. The van der Waals surface area contributed by atoms with Gasteiger partial charge in [-0.1, -0.05) is 93.4 Å². The van der Waals surface area contributed by atoms with Gasteiger partial charge in [0, 0.05) is 0 Å². The summed E-state index contributed by atoms with van der Waals surface area (Å²) in [5.41, 5.74) is 6.69. The zero-order chi connectivity index (χ0) is 22.9. The van der Waals surface area contributed by atoms with Crippen LogP contribution in [0, 0.1) is 0 Å². The van der Waals surface area contributed by atoms with E-state index in [1.807, 2.05) is 0 Å². The Hall–Kier alpha value is 0.314. The van der Waals surface area contributed by atoms with Crippen LogP contribution in [0.5, 0.6) is 0 Å². The minimum atomic E-state index is -1.85. The molecule has 0 aliphatic rings. The molecule has 2 N–H and O–H groups in total. The maximum Gasteiger partial charge on any atom is 0.192 e. The van der Waals surface area contributed by atoms with Crippen molar-refractivity contribution >= 4 is 16.6 Å². The van der Waals surface area contributed by atoms with Gasteiger partial charge in [0.25, 0.3) is 0 Å². The van der Waals surface area contributed by atoms with Crippen molar-refractivity contribution in [2.75, 3.05) is 6.61 Å². The van der Waals surface area contributed by atoms with Gasteiger partial charge in [-0.05, 0) is 42.7 Å². The SMILES string of the molecule is CCCCCCCCC[C@@H](O[Si](C)(C)C(C)(C)C)[C@@H](N)CO[Si](C)(C)C(C)(C)C. The number of nitrogens with two attached hydrogens (primary N) is 1. The van der Waals surface area contributed by atoms with Crippen LogP contribution in [-0.2, 0) is 8.85 Å². The van der Waals surface area contributed by atoms with Gasteiger partial charge >= 0.3 is 0 Å². The van der Waals surface area contributed by atoms with Crippen LogP contribution in [-0.4, -0.2) is 35.4 Å². The van der Waals surface area contributed by atoms with Gasteiger partial charge in [-0.3, -0.25) is 0 Å². The highest BCUT2D eigenvalue weighted by atomic mass is 28.4. The molecule has 0 saturated carbocycles. The largest absolute Gasteiger partial charge is 0.415 e. The van der Waals surface area contributed by atoms with Gasteiger partial charge in [-0.25, -0.2) is 0 Å². The highest BCUT2D eigenvalue weighted by Crippen LogP contribution is 2.39. The monoisotopic (exact) mass is 445 g/mol. The zero-order valence-electron chi connectivity index (χ0n) is 21.9. The standard InChI is InChI=1S/C24H55NO2Si2/c1-12-13-14-15-16-17-18-19-22(27-29(10,11)24(5,6)7)21(25)20-26-28(8,9)23(2,3)4/h21-22H,12-20,25H2,1-11H3/t21-,22+/m0/s1. The van der Waals surface area contributed by atoms with Crippen LogP contribution in [0.1, 0.15) is 99.8 Å². The number of hydrogen-bond acceptors (Lipinski definition) is 3. The van der Waals surface area contributed by atoms with Crippen LogP contribution in [0.25, 0.3) is 0 Å². The average molecular weight is 446 g/mol. The second kappa shape index (κ2) is 12.4. The van der Waals surface area contributed by atoms with E-state index in [4.69, 9.17) is 14.6 Å². The zero-order valence-corrected chi connectivity index (χ0v) is 23.9. The average Bonchev–Trinajstić information content (AvgIpc) is 2.55. The van der Waals surface area contributed by atoms with Crippen molar-refractivity contribution in [3.05, 3.63) is 0 Å². The molecule has 0 radical (unpaired) electrons. The lowest BCUT2D eigenvalue weighted by Crippen LogP contribution is -2.52. The lowest BCUT2D eigenvalue weighted by molar-refractivity contribution is 0.109. The molecule has 0 aromatic carbocycles. The molecule has 0 bridgehead atoms. The molecule has 0 saturated heterocycles. The molecule has 0 spiro atoms. The Labute approximate surface area is 186 Å². The van der Waals surface area contributed by atoms with Gasteiger partial charge in [-0.15, -0.1) is 0 Å². The van der Waals surface area contributed by atoms with Crippen LogP contribution in [0.15, 0.2) is 0 Å². The van der Waals surface area contributed by atoms with Gasteiger partial charge in [0.1, 0.15) is 0 Å². The Morgan fingerprint density at radius 1 is 0.724 bits per heavy atom. The summed E-state index contributed by atoms with van der Waals surface area (Å²) in [5, 5.41) is 0.409. The Morgan fingerprint density at radius 3 is 1.62 bits per heavy atom. The summed E-state index contributed by atoms with van der Waals surface area (Å²) < 4.78 is 13.3. The number of unbranched alkanes of at least 4 members (excludes halogenated alkanes) is 6. The lowest BCUT2D eigenvalue weighted by Gasteiger charge is -2.42. The second-order valence-corrected chi connectivity index (χ2v) is 21.6. The fourth-order valence-corrected chi connectivity index (χ4v) is 5.29. The first kappa shape index (κ1) is 29.3. The van der Waals surface area contributed by atoms with E-state index >= 15 is 0 Å². The van der Waals surface area contributed by atoms with Crippen molar-refractivity contribution in [3.63, 3.8) is 0 Å². The van der Waals surface area contributed by atoms with Gasteiger partial charge in [0.2, 0.25) is 0 Å². The molecule has 0 aliphatic heterocycles. The van der Waals surface area contributed by atoms with Crippen LogP contribution < -0.4 is 5.73 Å². The summed E-state index contributed by atoms with van der Waals surface area (Å²) >= 11 is 0. The first-order chi connectivity index (χ1) is 13.0. The summed E-state index contributed by atoms with van der Waals surface area (Å²) in [7, 11) is -3.64. The van der Waals surface area contributed by atoms with E-state index in [-0.39, 0.29) is 22.2 Å². The van der Waals surface area contributed by atoms with Gasteiger partial charge in [0.05, 0.1) is 18.8 Å². The van der Waals surface area contributed by atoms with Crippen molar-refractivity contribution in [1.82, 2.24) is 0 Å². The molecule has 0 aromatic heterocycles. The third-order valence-electron chi connectivity index (χ3n) is 7.26.